The van der Waals surface area contributed by atoms with Crippen molar-refractivity contribution in [1.29, 1.82) is 0 Å². The first-order chi connectivity index (χ1) is 17.6. The number of H-pyrrole nitrogens is 1. The van der Waals surface area contributed by atoms with Gasteiger partial charge in [0.2, 0.25) is 5.82 Å². The van der Waals surface area contributed by atoms with E-state index in [4.69, 9.17) is 15.0 Å². The number of benzene rings is 2. The highest BCUT2D eigenvalue weighted by molar-refractivity contribution is 6.03. The molecule has 3 aromatic heterocycles. The van der Waals surface area contributed by atoms with Crippen molar-refractivity contribution in [3.05, 3.63) is 76.7 Å². The Morgan fingerprint density at radius 1 is 0.944 bits per heavy atom. The summed E-state index contributed by atoms with van der Waals surface area (Å²) >= 11 is 0. The normalized spacial score (nSPS) is 13.5. The molecule has 5 aromatic rings. The summed E-state index contributed by atoms with van der Waals surface area (Å²) in [5, 5.41) is 14.8. The summed E-state index contributed by atoms with van der Waals surface area (Å²) < 4.78 is 2.24. The predicted molar refractivity (Wildman–Crippen MR) is 141 cm³/mol. The van der Waals surface area contributed by atoms with Gasteiger partial charge in [-0.2, -0.15) is 5.21 Å². The van der Waals surface area contributed by atoms with Crippen LogP contribution in [0.2, 0.25) is 0 Å². The third-order valence-corrected chi connectivity index (χ3v) is 6.84. The zero-order valence-corrected chi connectivity index (χ0v) is 20.8. The highest BCUT2D eigenvalue weighted by atomic mass is 15.5. The lowest BCUT2D eigenvalue weighted by Crippen LogP contribution is -2.05. The second kappa shape index (κ2) is 9.11. The maximum atomic E-state index is 4.89. The van der Waals surface area contributed by atoms with Crippen molar-refractivity contribution in [2.75, 3.05) is 6.54 Å². The fraction of sp³-hybridized carbons (Fsp3) is 0.286. The molecule has 4 heterocycles. The number of rotatable bonds is 6. The zero-order valence-electron chi connectivity index (χ0n) is 20.8. The highest BCUT2D eigenvalue weighted by Gasteiger charge is 2.17. The molecule has 0 spiro atoms. The van der Waals surface area contributed by atoms with Crippen molar-refractivity contribution >= 4 is 16.9 Å². The number of hydrogen-bond acceptors (Lipinski definition) is 6. The molecule has 0 amide bonds. The molecule has 0 radical (unpaired) electrons. The summed E-state index contributed by atoms with van der Waals surface area (Å²) in [6, 6.07) is 17.2. The number of aromatic amines is 1. The van der Waals surface area contributed by atoms with Crippen LogP contribution in [0.4, 0.5) is 0 Å². The first kappa shape index (κ1) is 22.3. The van der Waals surface area contributed by atoms with Crippen LogP contribution in [0.5, 0.6) is 0 Å². The average molecular weight is 477 g/mol. The molecule has 1 N–H and O–H groups in total. The summed E-state index contributed by atoms with van der Waals surface area (Å²) in [6.45, 7) is 7.92. The fourth-order valence-electron chi connectivity index (χ4n) is 5.07. The lowest BCUT2D eigenvalue weighted by molar-refractivity contribution is 0.745. The predicted octanol–water partition coefficient (Wildman–Crippen LogP) is 5.09. The van der Waals surface area contributed by atoms with Crippen LogP contribution < -0.4 is 0 Å². The van der Waals surface area contributed by atoms with E-state index in [1.54, 1.807) is 0 Å². The van der Waals surface area contributed by atoms with Gasteiger partial charge in [0.05, 0.1) is 6.54 Å². The molecular formula is C28H28N8. The van der Waals surface area contributed by atoms with E-state index >= 15 is 0 Å². The minimum Gasteiger partial charge on any atom is -0.308 e. The number of imidazole rings is 1. The molecular weight excluding hydrogens is 448 g/mol. The van der Waals surface area contributed by atoms with Gasteiger partial charge in [0.1, 0.15) is 11.3 Å². The Labute approximate surface area is 209 Å². The number of nitrogens with zero attached hydrogens (tertiary/aromatic N) is 7. The fourth-order valence-corrected chi connectivity index (χ4v) is 5.07. The molecule has 180 valence electrons. The van der Waals surface area contributed by atoms with Crippen molar-refractivity contribution in [3.63, 3.8) is 0 Å². The Kier molecular flexibility index (Phi) is 5.64. The van der Waals surface area contributed by atoms with E-state index in [9.17, 15) is 0 Å². The van der Waals surface area contributed by atoms with Crippen LogP contribution in [0.15, 0.2) is 53.5 Å². The smallest absolute Gasteiger partial charge is 0.205 e. The van der Waals surface area contributed by atoms with Crippen LogP contribution in [-0.2, 0) is 13.0 Å². The molecule has 0 saturated heterocycles. The zero-order chi connectivity index (χ0) is 24.6. The Balaban J connectivity index is 1.38. The Hall–Kier alpha value is -4.20. The van der Waals surface area contributed by atoms with Crippen LogP contribution in [0.25, 0.3) is 33.7 Å². The lowest BCUT2D eigenvalue weighted by Gasteiger charge is -2.12. The molecule has 0 aliphatic carbocycles. The minimum absolute atomic E-state index is 0.586. The molecule has 0 fully saturated rings. The van der Waals surface area contributed by atoms with E-state index in [1.165, 1.54) is 16.8 Å². The summed E-state index contributed by atoms with van der Waals surface area (Å²) in [5.41, 5.74) is 10.8. The first-order valence-corrected chi connectivity index (χ1v) is 12.4. The number of aryl methyl sites for hydroxylation is 3. The number of fused-ring (bicyclic) bond motifs is 1. The van der Waals surface area contributed by atoms with Crippen molar-refractivity contribution in [3.8, 4) is 22.5 Å². The van der Waals surface area contributed by atoms with E-state index in [1.807, 2.05) is 6.92 Å². The van der Waals surface area contributed by atoms with Crippen molar-refractivity contribution in [1.82, 2.24) is 35.2 Å². The largest absolute Gasteiger partial charge is 0.308 e. The van der Waals surface area contributed by atoms with E-state index in [2.05, 4.69) is 87.6 Å². The summed E-state index contributed by atoms with van der Waals surface area (Å²) in [7, 11) is 0. The third kappa shape index (κ3) is 3.98. The van der Waals surface area contributed by atoms with Crippen LogP contribution in [0.3, 0.4) is 0 Å². The SMILES string of the molecule is CCc1nc2c(C)cc(C)nc2n1Cc1ccc(-c2cc(C3=NCCC3)ccc2-c2nn[nH]n2)cc1. The number of pyridine rings is 1. The van der Waals surface area contributed by atoms with Gasteiger partial charge in [-0.3, -0.25) is 4.99 Å². The molecule has 6 rings (SSSR count). The van der Waals surface area contributed by atoms with Gasteiger partial charge >= 0.3 is 0 Å². The van der Waals surface area contributed by atoms with Crippen molar-refractivity contribution in [2.24, 2.45) is 4.99 Å². The Morgan fingerprint density at radius 2 is 1.78 bits per heavy atom. The number of nitrogens with one attached hydrogen (secondary N) is 1. The molecule has 8 heteroatoms. The maximum absolute atomic E-state index is 4.89. The van der Waals surface area contributed by atoms with E-state index < -0.39 is 0 Å². The Morgan fingerprint density at radius 3 is 2.50 bits per heavy atom. The number of aliphatic imine (C=N–C) groups is 1. The maximum Gasteiger partial charge on any atom is 0.205 e. The number of hydrogen-bond donors (Lipinski definition) is 1. The van der Waals surface area contributed by atoms with Crippen LogP contribution >= 0.6 is 0 Å². The summed E-state index contributed by atoms with van der Waals surface area (Å²) in [5.74, 6) is 1.64. The summed E-state index contributed by atoms with van der Waals surface area (Å²) in [4.78, 5) is 14.4. The van der Waals surface area contributed by atoms with E-state index in [0.29, 0.717) is 5.82 Å². The minimum atomic E-state index is 0.586. The van der Waals surface area contributed by atoms with Gasteiger partial charge in [0, 0.05) is 29.9 Å². The van der Waals surface area contributed by atoms with Gasteiger partial charge in [-0.15, -0.1) is 10.2 Å². The molecule has 2 aromatic carbocycles. The van der Waals surface area contributed by atoms with Gasteiger partial charge in [0.25, 0.3) is 0 Å². The van der Waals surface area contributed by atoms with Crippen molar-refractivity contribution < 1.29 is 0 Å². The second-order valence-corrected chi connectivity index (χ2v) is 9.35. The van der Waals surface area contributed by atoms with Crippen LogP contribution in [0.1, 0.15) is 48.0 Å². The third-order valence-electron chi connectivity index (χ3n) is 6.84. The Bertz CT molecular complexity index is 1580. The van der Waals surface area contributed by atoms with Gasteiger partial charge in [-0.1, -0.05) is 37.3 Å². The average Bonchev–Trinajstić information content (AvgIpc) is 3.66. The van der Waals surface area contributed by atoms with E-state index in [-0.39, 0.29) is 0 Å². The molecule has 8 nitrogen and oxygen atoms in total. The van der Waals surface area contributed by atoms with Crippen LogP contribution in [-0.4, -0.2) is 47.4 Å². The van der Waals surface area contributed by atoms with Gasteiger partial charge in [0.15, 0.2) is 5.65 Å². The van der Waals surface area contributed by atoms with Crippen molar-refractivity contribution in [2.45, 2.75) is 46.6 Å². The van der Waals surface area contributed by atoms with Gasteiger partial charge < -0.3 is 4.57 Å². The standard InChI is InChI=1S/C28H28N8/c1-4-25-31-26-17(2)14-18(3)30-28(26)36(25)16-19-7-9-20(10-8-19)23-15-21(24-6-5-13-29-24)11-12-22(23)27-32-34-35-33-27/h7-12,14-15H,4-6,13,16H2,1-3H3,(H,32,33,34,35). The first-order valence-electron chi connectivity index (χ1n) is 12.4. The number of aromatic nitrogens is 7. The monoisotopic (exact) mass is 476 g/mol. The highest BCUT2D eigenvalue weighted by Crippen LogP contribution is 2.32. The molecule has 0 unspecified atom stereocenters. The quantitative estimate of drug-likeness (QED) is 0.368. The molecule has 36 heavy (non-hydrogen) atoms. The lowest BCUT2D eigenvalue weighted by atomic mass is 9.94. The summed E-state index contributed by atoms with van der Waals surface area (Å²) in [6.07, 6.45) is 2.99. The molecule has 1 aliphatic heterocycles. The topological polar surface area (TPSA) is 97.5 Å². The van der Waals surface area contributed by atoms with Crippen LogP contribution in [0, 0.1) is 13.8 Å². The van der Waals surface area contributed by atoms with E-state index in [0.717, 1.165) is 77.3 Å². The second-order valence-electron chi connectivity index (χ2n) is 9.35. The molecule has 0 atom stereocenters. The van der Waals surface area contributed by atoms with Gasteiger partial charge in [-0.05, 0) is 77.9 Å². The number of tetrazole rings is 1. The van der Waals surface area contributed by atoms with Gasteiger partial charge in [-0.25, -0.2) is 9.97 Å². The molecule has 0 saturated carbocycles. The molecule has 0 bridgehead atoms. The molecule has 1 aliphatic rings.